The molecule has 0 bridgehead atoms. The van der Waals surface area contributed by atoms with Crippen LogP contribution in [0.1, 0.15) is 67.7 Å². The molecule has 0 aromatic heterocycles. The first-order chi connectivity index (χ1) is 13.3. The fourth-order valence-electron chi connectivity index (χ4n) is 3.22. The minimum atomic E-state index is -1.77. The first-order valence-corrected chi connectivity index (χ1v) is 16.8. The Kier molecular flexibility index (Phi) is 12.5. The van der Waals surface area contributed by atoms with Crippen LogP contribution in [-0.2, 0) is 18.5 Å². The van der Waals surface area contributed by atoms with Crippen molar-refractivity contribution in [3.8, 4) is 0 Å². The second kappa shape index (κ2) is 12.6. The normalized spacial score (nSPS) is 15.3. The Morgan fingerprint density at radius 2 is 1.55 bits per heavy atom. The predicted molar refractivity (Wildman–Crippen MR) is 128 cm³/mol. The van der Waals surface area contributed by atoms with E-state index in [2.05, 4.69) is 61.6 Å². The topological polar surface area (TPSA) is 48.0 Å². The number of hydrogen-bond acceptors (Lipinski definition) is 4. The summed E-state index contributed by atoms with van der Waals surface area (Å²) in [7, 11) is -0.306. The molecule has 0 unspecified atom stereocenters. The number of carbonyl (C=O) groups is 1. The van der Waals surface area contributed by atoms with E-state index in [4.69, 9.17) is 13.7 Å². The molecule has 0 saturated carbocycles. The third kappa shape index (κ3) is 9.21. The summed E-state index contributed by atoms with van der Waals surface area (Å²) in [4.78, 5) is 17.2. The number of rotatable bonds is 14. The fraction of sp³-hybridized carbons (Fsp3) is 0.955. The van der Waals surface area contributed by atoms with Gasteiger partial charge < -0.3 is 8.85 Å². The maximum Gasteiger partial charge on any atom is 0.245 e. The minimum Gasteiger partial charge on any atom is -0.417 e. The van der Waals surface area contributed by atoms with E-state index in [1.54, 1.807) is 7.05 Å². The van der Waals surface area contributed by atoms with Crippen LogP contribution < -0.4 is 0 Å². The molecule has 5 nitrogen and oxygen atoms in total. The molecule has 174 valence electrons. The van der Waals surface area contributed by atoms with Crippen LogP contribution >= 0.6 is 0 Å². The van der Waals surface area contributed by atoms with Gasteiger partial charge in [-0.25, -0.2) is 5.06 Å². The van der Waals surface area contributed by atoms with Crippen LogP contribution in [0.2, 0.25) is 36.3 Å². The number of amides is 1. The van der Waals surface area contributed by atoms with E-state index >= 15 is 0 Å². The number of nitrogens with zero attached hydrogens (tertiary/aromatic N) is 1. The lowest BCUT2D eigenvalue weighted by atomic mass is 9.97. The Balaban J connectivity index is 5.17. The quantitative estimate of drug-likeness (QED) is 0.234. The van der Waals surface area contributed by atoms with Gasteiger partial charge in [-0.2, -0.15) is 0 Å². The smallest absolute Gasteiger partial charge is 0.245 e. The molecular formula is C22H49NO4Si2. The zero-order valence-electron chi connectivity index (χ0n) is 21.2. The van der Waals surface area contributed by atoms with E-state index in [1.807, 2.05) is 0 Å². The summed E-state index contributed by atoms with van der Waals surface area (Å²) < 4.78 is 13.3. The molecule has 0 aliphatic carbocycles. The van der Waals surface area contributed by atoms with Gasteiger partial charge in [-0.3, -0.25) is 9.63 Å². The number of hydrogen-bond donors (Lipinski definition) is 0. The fourth-order valence-corrected chi connectivity index (χ4v) is 7.28. The highest BCUT2D eigenvalue weighted by Crippen LogP contribution is 2.37. The van der Waals surface area contributed by atoms with E-state index in [1.165, 1.54) is 12.2 Å². The molecule has 0 radical (unpaired) electrons. The largest absolute Gasteiger partial charge is 0.417 e. The molecule has 0 fully saturated rings. The van der Waals surface area contributed by atoms with Gasteiger partial charge in [-0.15, -0.1) is 0 Å². The highest BCUT2D eigenvalue weighted by Gasteiger charge is 2.38. The molecule has 0 heterocycles. The van der Waals surface area contributed by atoms with Gasteiger partial charge in [0.15, 0.2) is 16.6 Å². The molecule has 0 rings (SSSR count). The standard InChI is InChI=1S/C22H49NO4Si2/c1-12-29(13-2,14-3)27-20(17-18-26-28(10,11)22(5,6)7)19(4)15-16-21(24)23(8)25-9/h19-20H,12-18H2,1-11H3/t19-,20+/m0/s1. The van der Waals surface area contributed by atoms with Crippen LogP contribution in [0.25, 0.3) is 0 Å². The Bertz CT molecular complexity index is 468. The van der Waals surface area contributed by atoms with Crippen LogP contribution in [0.15, 0.2) is 0 Å². The summed E-state index contributed by atoms with van der Waals surface area (Å²) in [5, 5.41) is 1.52. The average molecular weight is 448 g/mol. The molecule has 7 heteroatoms. The lowest BCUT2D eigenvalue weighted by molar-refractivity contribution is -0.169. The highest BCUT2D eigenvalue weighted by atomic mass is 28.4. The second-order valence-corrected chi connectivity index (χ2v) is 19.4. The monoisotopic (exact) mass is 447 g/mol. The van der Waals surface area contributed by atoms with E-state index < -0.39 is 16.6 Å². The molecule has 0 aliphatic rings. The maximum absolute atomic E-state index is 12.2. The summed E-state index contributed by atoms with van der Waals surface area (Å²) in [6.07, 6.45) is 2.33. The third-order valence-electron chi connectivity index (χ3n) is 7.08. The van der Waals surface area contributed by atoms with Gasteiger partial charge in [0.05, 0.1) is 7.11 Å². The second-order valence-electron chi connectivity index (χ2n) is 9.89. The third-order valence-corrected chi connectivity index (χ3v) is 16.3. The van der Waals surface area contributed by atoms with Crippen LogP contribution in [-0.4, -0.2) is 54.5 Å². The Labute approximate surface area is 183 Å². The van der Waals surface area contributed by atoms with Crippen molar-refractivity contribution in [3.05, 3.63) is 0 Å². The molecule has 1 amide bonds. The van der Waals surface area contributed by atoms with Crippen LogP contribution in [0.5, 0.6) is 0 Å². The van der Waals surface area contributed by atoms with E-state index in [0.29, 0.717) is 12.3 Å². The maximum atomic E-state index is 12.2. The van der Waals surface area contributed by atoms with Crippen molar-refractivity contribution in [2.24, 2.45) is 5.92 Å². The Morgan fingerprint density at radius 1 is 1.03 bits per heavy atom. The van der Waals surface area contributed by atoms with Crippen molar-refractivity contribution >= 4 is 22.5 Å². The van der Waals surface area contributed by atoms with Crippen molar-refractivity contribution in [2.45, 2.75) is 110 Å². The van der Waals surface area contributed by atoms with Crippen molar-refractivity contribution in [2.75, 3.05) is 20.8 Å². The van der Waals surface area contributed by atoms with Gasteiger partial charge in [0.1, 0.15) is 0 Å². The first kappa shape index (κ1) is 28.8. The summed E-state index contributed by atoms with van der Waals surface area (Å²) in [6, 6.07) is 3.41. The van der Waals surface area contributed by atoms with Gasteiger partial charge in [0.25, 0.3) is 0 Å². The lowest BCUT2D eigenvalue weighted by Gasteiger charge is -2.39. The van der Waals surface area contributed by atoms with Gasteiger partial charge in [0, 0.05) is 26.2 Å². The molecule has 0 aromatic carbocycles. The van der Waals surface area contributed by atoms with Crippen molar-refractivity contribution in [1.82, 2.24) is 5.06 Å². The van der Waals surface area contributed by atoms with E-state index in [-0.39, 0.29) is 17.0 Å². The van der Waals surface area contributed by atoms with Crippen LogP contribution in [0, 0.1) is 5.92 Å². The van der Waals surface area contributed by atoms with Crippen molar-refractivity contribution in [3.63, 3.8) is 0 Å². The van der Waals surface area contributed by atoms with Crippen LogP contribution in [0.4, 0.5) is 0 Å². The summed E-state index contributed by atoms with van der Waals surface area (Å²) in [6.45, 7) is 21.2. The van der Waals surface area contributed by atoms with Crippen LogP contribution in [0.3, 0.4) is 0 Å². The molecule has 0 N–H and O–H groups in total. The SMILES string of the molecule is CC[Si](CC)(CC)O[C@H](CCO[Si](C)(C)C(C)(C)C)[C@@H](C)CCC(=O)N(C)OC. The van der Waals surface area contributed by atoms with E-state index in [9.17, 15) is 4.79 Å². The van der Waals surface area contributed by atoms with Gasteiger partial charge >= 0.3 is 0 Å². The molecule has 0 spiro atoms. The summed E-state index contributed by atoms with van der Waals surface area (Å²) >= 11 is 0. The molecule has 0 aliphatic heterocycles. The molecule has 2 atom stereocenters. The van der Waals surface area contributed by atoms with Crippen molar-refractivity contribution in [1.29, 1.82) is 0 Å². The molecular weight excluding hydrogens is 398 g/mol. The predicted octanol–water partition coefficient (Wildman–Crippen LogP) is 6.22. The molecule has 0 aromatic rings. The number of hydroxylamine groups is 2. The highest BCUT2D eigenvalue weighted by molar-refractivity contribution is 6.74. The average Bonchev–Trinajstić information content (AvgIpc) is 2.67. The first-order valence-electron chi connectivity index (χ1n) is 11.4. The Hall–Kier alpha value is -0.216. The summed E-state index contributed by atoms with van der Waals surface area (Å²) in [5.41, 5.74) is 0. The molecule has 0 saturated heterocycles. The van der Waals surface area contributed by atoms with Crippen molar-refractivity contribution < 1.29 is 18.5 Å². The Morgan fingerprint density at radius 3 is 1.97 bits per heavy atom. The van der Waals surface area contributed by atoms with Gasteiger partial charge in [-0.05, 0) is 55.0 Å². The lowest BCUT2D eigenvalue weighted by Crippen LogP contribution is -2.44. The van der Waals surface area contributed by atoms with Gasteiger partial charge in [0.2, 0.25) is 5.91 Å². The summed E-state index contributed by atoms with van der Waals surface area (Å²) in [5.74, 6) is 0.323. The van der Waals surface area contributed by atoms with E-state index in [0.717, 1.165) is 37.6 Å². The molecule has 29 heavy (non-hydrogen) atoms. The zero-order chi connectivity index (χ0) is 22.9. The van der Waals surface area contributed by atoms with Gasteiger partial charge in [-0.1, -0.05) is 48.5 Å². The minimum absolute atomic E-state index is 0.0145. The number of carbonyl (C=O) groups excluding carboxylic acids is 1. The zero-order valence-corrected chi connectivity index (χ0v) is 23.2.